The molecule has 3 aliphatic rings. The van der Waals surface area contributed by atoms with Crippen molar-refractivity contribution in [2.45, 2.75) is 40.8 Å². The van der Waals surface area contributed by atoms with Gasteiger partial charge in [0.1, 0.15) is 13.9 Å². The molecule has 0 atom stereocenters. The molecule has 12 aromatic rings. The highest BCUT2D eigenvalue weighted by molar-refractivity contribution is 7.03. The smallest absolute Gasteiger partial charge is 0.360 e. The Balaban J connectivity index is 1.01. The number of benzene rings is 10. The molecule has 0 amide bonds. The lowest BCUT2D eigenvalue weighted by Gasteiger charge is -2.34. The Morgan fingerprint density at radius 3 is 1.46 bits per heavy atom. The van der Waals surface area contributed by atoms with Crippen LogP contribution in [0.15, 0.2) is 249 Å². The van der Waals surface area contributed by atoms with Crippen LogP contribution >= 0.6 is 0 Å². The Labute approximate surface area is 482 Å². The zero-order valence-corrected chi connectivity index (χ0v) is 48.0. The SMILES string of the molecule is Cc1cccc(C)c1B1N(c2ccc3c(c2)N(c2ccccn2)B(c2c(C)cccc2C)N3c2ccccc2)c2cc3c(cc2N1c1ccccc1)[Si](C)(C)c1cccc2c1n-3[c-][n+]2-c1c(-c2ccccc2)cccc1-c1ccccc1. The number of nitrogens with zero attached hydrogens (tertiary/aromatic N) is 7. The Morgan fingerprint density at radius 1 is 0.402 bits per heavy atom. The second-order valence-electron chi connectivity index (χ2n) is 22.7. The fourth-order valence-electron chi connectivity index (χ4n) is 13.8. The molecule has 15 rings (SSSR count). The van der Waals surface area contributed by atoms with Gasteiger partial charge in [-0.2, -0.15) is 0 Å². The molecule has 392 valence electrons. The summed E-state index contributed by atoms with van der Waals surface area (Å²) in [7, 11) is -2.47. The molecular formula is C72H59B2N7Si. The van der Waals surface area contributed by atoms with Gasteiger partial charge in [-0.1, -0.05) is 211 Å². The van der Waals surface area contributed by atoms with Crippen molar-refractivity contribution in [3.05, 3.63) is 277 Å². The van der Waals surface area contributed by atoms with Crippen molar-refractivity contribution in [1.29, 1.82) is 0 Å². The van der Waals surface area contributed by atoms with E-state index in [4.69, 9.17) is 4.98 Å². The molecule has 7 nitrogen and oxygen atoms in total. The summed E-state index contributed by atoms with van der Waals surface area (Å²) in [6.45, 7) is 13.7. The van der Waals surface area contributed by atoms with Gasteiger partial charge in [-0.15, -0.1) is 0 Å². The second kappa shape index (κ2) is 19.3. The third-order valence-corrected chi connectivity index (χ3v) is 21.1. The van der Waals surface area contributed by atoms with Gasteiger partial charge in [0, 0.05) is 23.3 Å². The molecule has 82 heavy (non-hydrogen) atoms. The maximum Gasteiger partial charge on any atom is 0.422 e. The summed E-state index contributed by atoms with van der Waals surface area (Å²) >= 11 is 0. The van der Waals surface area contributed by atoms with E-state index in [1.807, 2.05) is 12.3 Å². The summed E-state index contributed by atoms with van der Waals surface area (Å²) in [4.78, 5) is 15.4. The van der Waals surface area contributed by atoms with Gasteiger partial charge >= 0.3 is 14.0 Å². The first-order chi connectivity index (χ1) is 40.2. The first kappa shape index (κ1) is 49.4. The van der Waals surface area contributed by atoms with Crippen LogP contribution in [0.1, 0.15) is 22.3 Å². The van der Waals surface area contributed by atoms with Crippen LogP contribution in [0, 0.1) is 34.0 Å². The van der Waals surface area contributed by atoms with Gasteiger partial charge in [0.25, 0.3) is 6.33 Å². The van der Waals surface area contributed by atoms with Crippen LogP contribution < -0.4 is 45.1 Å². The number of para-hydroxylation sites is 4. The fraction of sp³-hybridized carbons (Fsp3) is 0.0833. The van der Waals surface area contributed by atoms with Crippen molar-refractivity contribution in [2.24, 2.45) is 0 Å². The van der Waals surface area contributed by atoms with Crippen molar-refractivity contribution >= 4 is 100 Å². The molecule has 3 aliphatic heterocycles. The molecule has 2 aromatic heterocycles. The largest absolute Gasteiger partial charge is 0.422 e. The maximum absolute atomic E-state index is 5.16. The minimum absolute atomic E-state index is 0.225. The van der Waals surface area contributed by atoms with Crippen LogP contribution in [0.2, 0.25) is 13.1 Å². The Bertz CT molecular complexity index is 4360. The number of anilines is 8. The van der Waals surface area contributed by atoms with E-state index in [1.54, 1.807) is 0 Å². The van der Waals surface area contributed by atoms with E-state index in [-0.39, 0.29) is 14.0 Å². The number of imidazole rings is 1. The molecule has 0 saturated carbocycles. The van der Waals surface area contributed by atoms with Crippen LogP contribution in [0.25, 0.3) is 44.7 Å². The Kier molecular flexibility index (Phi) is 11.6. The normalized spacial score (nSPS) is 13.9. The number of aromatic nitrogens is 3. The molecule has 0 saturated heterocycles. The van der Waals surface area contributed by atoms with Crippen LogP contribution in [-0.4, -0.2) is 31.6 Å². The number of hydrogen-bond acceptors (Lipinski definition) is 5. The highest BCUT2D eigenvalue weighted by Gasteiger charge is 2.50. The molecule has 10 aromatic carbocycles. The van der Waals surface area contributed by atoms with Gasteiger partial charge in [-0.3, -0.25) is 9.13 Å². The Hall–Kier alpha value is -9.63. The molecule has 0 unspecified atom stereocenters. The van der Waals surface area contributed by atoms with E-state index >= 15 is 0 Å². The van der Waals surface area contributed by atoms with E-state index < -0.39 is 8.07 Å². The lowest BCUT2D eigenvalue weighted by Crippen LogP contribution is -2.57. The number of pyridine rings is 1. The minimum Gasteiger partial charge on any atom is -0.360 e. The first-order valence-electron chi connectivity index (χ1n) is 28.5. The quantitative estimate of drug-likeness (QED) is 0.0818. The van der Waals surface area contributed by atoms with Gasteiger partial charge < -0.3 is 19.2 Å². The fourth-order valence-corrected chi connectivity index (χ4v) is 16.8. The van der Waals surface area contributed by atoms with Crippen molar-refractivity contribution in [2.75, 3.05) is 19.2 Å². The van der Waals surface area contributed by atoms with Gasteiger partial charge in [-0.05, 0) is 138 Å². The summed E-state index contributed by atoms with van der Waals surface area (Å²) in [5, 5.41) is 2.77. The molecule has 0 fully saturated rings. The predicted molar refractivity (Wildman–Crippen MR) is 346 cm³/mol. The monoisotopic (exact) mass is 1070 g/mol. The highest BCUT2D eigenvalue weighted by Crippen LogP contribution is 2.53. The average Bonchev–Trinajstić information content (AvgIpc) is 1.94. The van der Waals surface area contributed by atoms with Gasteiger partial charge in [0.2, 0.25) is 0 Å². The lowest BCUT2D eigenvalue weighted by molar-refractivity contribution is -0.571. The molecule has 10 heteroatoms. The summed E-state index contributed by atoms with van der Waals surface area (Å²) in [6.07, 6.45) is 6.05. The van der Waals surface area contributed by atoms with Crippen LogP contribution in [0.4, 0.5) is 45.6 Å². The third kappa shape index (κ3) is 7.58. The molecule has 0 aliphatic carbocycles. The molecular weight excluding hydrogens is 1010 g/mol. The van der Waals surface area contributed by atoms with E-state index in [1.165, 1.54) is 54.8 Å². The third-order valence-electron chi connectivity index (χ3n) is 17.6. The summed E-state index contributed by atoms with van der Waals surface area (Å²) in [5.74, 6) is 0.885. The topological polar surface area (TPSA) is 34.7 Å². The first-order valence-corrected chi connectivity index (χ1v) is 31.5. The van der Waals surface area contributed by atoms with E-state index in [9.17, 15) is 0 Å². The number of fused-ring (bicyclic) bond motifs is 4. The summed E-state index contributed by atoms with van der Waals surface area (Å²) < 4.78 is 4.77. The standard InChI is InChI=1S/C72H59B2N7Si/c1-49-25-21-26-50(2)69(49)73-79(56-35-17-10-18-36-56)64-47-67-65(77-48-76(61-39-24-40-66(72(61)77)82(67,5)6)71-58(53-29-11-7-12-30-53)37-23-38-59(71)54-31-13-8-14-32-54)46-63(64)80(73)57-42-43-60-62(45-57)81(68-41-19-20-44-75-68)74(70-51(3)27-22-28-52(70)4)78(60)55-33-15-9-16-34-55/h7-47H,1-6H3. The van der Waals surface area contributed by atoms with Crippen LogP contribution in [0.5, 0.6) is 0 Å². The zero-order chi connectivity index (χ0) is 55.4. The van der Waals surface area contributed by atoms with Gasteiger partial charge in [-0.25, -0.2) is 4.98 Å². The van der Waals surface area contributed by atoms with Crippen LogP contribution in [-0.2, 0) is 0 Å². The molecule has 0 bridgehead atoms. The summed E-state index contributed by atoms with van der Waals surface area (Å²) in [6, 6.07) is 89.2. The molecule has 0 spiro atoms. The molecule has 5 heterocycles. The molecule has 0 N–H and O–H groups in total. The van der Waals surface area contributed by atoms with Crippen molar-refractivity contribution in [3.63, 3.8) is 0 Å². The number of hydrogen-bond donors (Lipinski definition) is 0. The van der Waals surface area contributed by atoms with Crippen molar-refractivity contribution in [3.8, 4) is 33.6 Å². The van der Waals surface area contributed by atoms with E-state index in [2.05, 4.69) is 312 Å². The Morgan fingerprint density at radius 2 is 0.890 bits per heavy atom. The van der Waals surface area contributed by atoms with E-state index in [0.29, 0.717) is 0 Å². The highest BCUT2D eigenvalue weighted by atomic mass is 28.3. The van der Waals surface area contributed by atoms with Crippen LogP contribution in [0.3, 0.4) is 0 Å². The van der Waals surface area contributed by atoms with Gasteiger partial charge in [0.05, 0.1) is 45.2 Å². The van der Waals surface area contributed by atoms with E-state index in [0.717, 1.165) is 79.1 Å². The average molecular weight is 1070 g/mol. The van der Waals surface area contributed by atoms with Gasteiger partial charge in [0.15, 0.2) is 0 Å². The minimum atomic E-state index is -2.47. The van der Waals surface area contributed by atoms with Crippen molar-refractivity contribution in [1.82, 2.24) is 9.55 Å². The maximum atomic E-state index is 5.16. The lowest BCUT2D eigenvalue weighted by atomic mass is 9.61. The number of rotatable bonds is 9. The molecule has 0 radical (unpaired) electrons. The zero-order valence-electron chi connectivity index (χ0n) is 47.0. The predicted octanol–water partition coefficient (Wildman–Crippen LogP) is 14.2. The summed E-state index contributed by atoms with van der Waals surface area (Å²) in [5.41, 5.74) is 24.6. The second-order valence-corrected chi connectivity index (χ2v) is 27.1. The van der Waals surface area contributed by atoms with Crippen molar-refractivity contribution < 1.29 is 4.57 Å². The number of aryl methyl sites for hydroxylation is 4.